The average molecular weight is 410 g/mol. The summed E-state index contributed by atoms with van der Waals surface area (Å²) in [6.07, 6.45) is 1.63. The number of nitro benzene ring substituents is 1. The van der Waals surface area contributed by atoms with Crippen molar-refractivity contribution in [2.75, 3.05) is 56.7 Å². The summed E-state index contributed by atoms with van der Waals surface area (Å²) in [6, 6.07) is 9.99. The molecule has 0 bridgehead atoms. The molecule has 10 nitrogen and oxygen atoms in total. The van der Waals surface area contributed by atoms with E-state index in [0.29, 0.717) is 56.4 Å². The van der Waals surface area contributed by atoms with Crippen molar-refractivity contribution >= 4 is 23.1 Å². The summed E-state index contributed by atoms with van der Waals surface area (Å²) in [6.45, 7) is 2.74. The zero-order valence-corrected chi connectivity index (χ0v) is 16.6. The molecule has 0 radical (unpaired) electrons. The normalized spacial score (nSPS) is 13.6. The highest BCUT2D eigenvalue weighted by Crippen LogP contribution is 2.26. The van der Waals surface area contributed by atoms with Crippen molar-refractivity contribution in [1.29, 1.82) is 5.26 Å². The Morgan fingerprint density at radius 1 is 1.33 bits per heavy atom. The molecule has 1 aromatic heterocycles. The number of rotatable bonds is 7. The Balaban J connectivity index is 1.69. The first-order valence-corrected chi connectivity index (χ1v) is 9.45. The van der Waals surface area contributed by atoms with Crippen LogP contribution in [0.25, 0.3) is 0 Å². The number of ether oxygens (including phenoxy) is 1. The molecule has 2 heterocycles. The number of hydrogen-bond acceptors (Lipinski definition) is 8. The highest BCUT2D eigenvalue weighted by Gasteiger charge is 2.26. The Labute approximate surface area is 173 Å². The van der Waals surface area contributed by atoms with E-state index in [4.69, 9.17) is 4.74 Å². The molecule has 30 heavy (non-hydrogen) atoms. The zero-order chi connectivity index (χ0) is 21.5. The number of carbonyl (C=O) groups is 1. The molecule has 0 spiro atoms. The van der Waals surface area contributed by atoms with Gasteiger partial charge in [0.15, 0.2) is 0 Å². The second-order valence-corrected chi connectivity index (χ2v) is 6.67. The highest BCUT2D eigenvalue weighted by atomic mass is 16.6. The van der Waals surface area contributed by atoms with Crippen LogP contribution in [-0.2, 0) is 4.74 Å². The summed E-state index contributed by atoms with van der Waals surface area (Å²) in [5.41, 5.74) is 0.952. The van der Waals surface area contributed by atoms with E-state index >= 15 is 0 Å². The SMILES string of the molecule is COCCNc1ccc(C(=O)N2CCN(c3ncccc3C#N)CC2)cc1[N+](=O)[O-]. The number of methoxy groups -OCH3 is 1. The number of carbonyl (C=O) groups excluding carboxylic acids is 1. The molecular formula is C20H22N6O4. The van der Waals surface area contributed by atoms with Crippen LogP contribution in [-0.4, -0.2) is 67.2 Å². The number of nitrogens with one attached hydrogen (secondary N) is 1. The van der Waals surface area contributed by atoms with Crippen LogP contribution < -0.4 is 10.2 Å². The molecule has 1 aliphatic heterocycles. The predicted molar refractivity (Wildman–Crippen MR) is 111 cm³/mol. The number of pyridine rings is 1. The summed E-state index contributed by atoms with van der Waals surface area (Å²) in [7, 11) is 1.55. The van der Waals surface area contributed by atoms with Crippen LogP contribution in [0.5, 0.6) is 0 Å². The predicted octanol–water partition coefficient (Wildman–Crippen LogP) is 1.88. The molecule has 1 N–H and O–H groups in total. The van der Waals surface area contributed by atoms with Gasteiger partial charge in [0, 0.05) is 57.7 Å². The lowest BCUT2D eigenvalue weighted by molar-refractivity contribution is -0.384. The molecule has 10 heteroatoms. The van der Waals surface area contributed by atoms with Gasteiger partial charge in [0.2, 0.25) is 0 Å². The largest absolute Gasteiger partial charge is 0.383 e. The van der Waals surface area contributed by atoms with Crippen LogP contribution in [0.2, 0.25) is 0 Å². The smallest absolute Gasteiger partial charge is 0.293 e. The van der Waals surface area contributed by atoms with E-state index in [0.717, 1.165) is 0 Å². The summed E-state index contributed by atoms with van der Waals surface area (Å²) in [4.78, 5) is 31.7. The van der Waals surface area contributed by atoms with Gasteiger partial charge in [-0.15, -0.1) is 0 Å². The van der Waals surface area contributed by atoms with E-state index in [2.05, 4.69) is 16.4 Å². The second-order valence-electron chi connectivity index (χ2n) is 6.67. The number of hydrogen-bond donors (Lipinski definition) is 1. The van der Waals surface area contributed by atoms with Gasteiger partial charge in [0.25, 0.3) is 11.6 Å². The van der Waals surface area contributed by atoms with Gasteiger partial charge in [-0.25, -0.2) is 4.98 Å². The first-order valence-electron chi connectivity index (χ1n) is 9.45. The number of benzene rings is 1. The number of aromatic nitrogens is 1. The molecule has 3 rings (SSSR count). The van der Waals surface area contributed by atoms with Crippen LogP contribution in [0.15, 0.2) is 36.5 Å². The monoisotopic (exact) mass is 410 g/mol. The minimum Gasteiger partial charge on any atom is -0.383 e. The quantitative estimate of drug-likeness (QED) is 0.417. The van der Waals surface area contributed by atoms with Gasteiger partial charge in [-0.1, -0.05) is 0 Å². The Kier molecular flexibility index (Phi) is 6.77. The van der Waals surface area contributed by atoms with Gasteiger partial charge in [-0.2, -0.15) is 5.26 Å². The van der Waals surface area contributed by atoms with Crippen molar-refractivity contribution in [3.05, 3.63) is 57.8 Å². The van der Waals surface area contributed by atoms with E-state index < -0.39 is 4.92 Å². The van der Waals surface area contributed by atoms with E-state index in [1.807, 2.05) is 4.90 Å². The highest BCUT2D eigenvalue weighted by molar-refractivity contribution is 5.96. The van der Waals surface area contributed by atoms with E-state index in [1.165, 1.54) is 6.07 Å². The van der Waals surface area contributed by atoms with Gasteiger partial charge in [0.05, 0.1) is 17.1 Å². The molecule has 0 saturated carbocycles. The first-order chi connectivity index (χ1) is 14.5. The third kappa shape index (κ3) is 4.64. The summed E-state index contributed by atoms with van der Waals surface area (Å²) in [5, 5.41) is 23.6. The molecule has 1 aromatic carbocycles. The molecule has 1 saturated heterocycles. The van der Waals surface area contributed by atoms with Crippen molar-refractivity contribution in [2.45, 2.75) is 0 Å². The standard InChI is InChI=1S/C20H22N6O4/c1-30-12-7-22-17-5-4-15(13-18(17)26(28)29)20(27)25-10-8-24(9-11-25)19-16(14-21)3-2-6-23-19/h2-6,13,22H,7-12H2,1H3. The Morgan fingerprint density at radius 3 is 2.77 bits per heavy atom. The molecule has 1 amide bonds. The molecular weight excluding hydrogens is 388 g/mol. The maximum absolute atomic E-state index is 12.9. The lowest BCUT2D eigenvalue weighted by Gasteiger charge is -2.35. The Bertz CT molecular complexity index is 966. The van der Waals surface area contributed by atoms with E-state index in [1.54, 1.807) is 42.5 Å². The van der Waals surface area contributed by atoms with Gasteiger partial charge in [0.1, 0.15) is 17.6 Å². The number of nitriles is 1. The molecule has 156 valence electrons. The Hall–Kier alpha value is -3.71. The zero-order valence-electron chi connectivity index (χ0n) is 16.6. The minimum atomic E-state index is -0.506. The molecule has 0 aliphatic carbocycles. The third-order valence-electron chi connectivity index (χ3n) is 4.84. The summed E-state index contributed by atoms with van der Waals surface area (Å²) >= 11 is 0. The fourth-order valence-electron chi connectivity index (χ4n) is 3.29. The van der Waals surface area contributed by atoms with Crippen LogP contribution in [0.4, 0.5) is 17.2 Å². The summed E-state index contributed by atoms with van der Waals surface area (Å²) < 4.78 is 4.94. The number of nitro groups is 1. The average Bonchev–Trinajstić information content (AvgIpc) is 2.79. The van der Waals surface area contributed by atoms with Gasteiger partial charge >= 0.3 is 0 Å². The fraction of sp³-hybridized carbons (Fsp3) is 0.350. The molecule has 1 aliphatic rings. The maximum atomic E-state index is 12.9. The van der Waals surface area contributed by atoms with Crippen LogP contribution in [0.1, 0.15) is 15.9 Å². The van der Waals surface area contributed by atoms with Crippen molar-refractivity contribution < 1.29 is 14.5 Å². The van der Waals surface area contributed by atoms with Gasteiger partial charge in [-0.3, -0.25) is 14.9 Å². The van der Waals surface area contributed by atoms with Crippen LogP contribution in [0.3, 0.4) is 0 Å². The first kappa shape index (κ1) is 21.0. The number of amides is 1. The molecule has 1 fully saturated rings. The van der Waals surface area contributed by atoms with Gasteiger partial charge < -0.3 is 19.9 Å². The van der Waals surface area contributed by atoms with Crippen LogP contribution in [0, 0.1) is 21.4 Å². The number of anilines is 2. The van der Waals surface area contributed by atoms with E-state index in [-0.39, 0.29) is 17.2 Å². The van der Waals surface area contributed by atoms with Gasteiger partial charge in [-0.05, 0) is 24.3 Å². The lowest BCUT2D eigenvalue weighted by atomic mass is 10.1. The fourth-order valence-corrected chi connectivity index (χ4v) is 3.29. The molecule has 0 atom stereocenters. The third-order valence-corrected chi connectivity index (χ3v) is 4.84. The summed E-state index contributed by atoms with van der Waals surface area (Å²) in [5.74, 6) is 0.344. The minimum absolute atomic E-state index is 0.150. The van der Waals surface area contributed by atoms with Crippen molar-refractivity contribution in [3.8, 4) is 6.07 Å². The van der Waals surface area contributed by atoms with Crippen molar-refractivity contribution in [1.82, 2.24) is 9.88 Å². The number of piperazine rings is 1. The topological polar surface area (TPSA) is 125 Å². The lowest BCUT2D eigenvalue weighted by Crippen LogP contribution is -2.49. The van der Waals surface area contributed by atoms with Crippen LogP contribution >= 0.6 is 0 Å². The van der Waals surface area contributed by atoms with E-state index in [9.17, 15) is 20.2 Å². The number of nitrogens with zero attached hydrogens (tertiary/aromatic N) is 5. The Morgan fingerprint density at radius 2 is 2.10 bits per heavy atom. The van der Waals surface area contributed by atoms with Crippen molar-refractivity contribution in [3.63, 3.8) is 0 Å². The molecule has 0 unspecified atom stereocenters. The van der Waals surface area contributed by atoms with Crippen molar-refractivity contribution in [2.24, 2.45) is 0 Å². The second kappa shape index (κ2) is 9.67. The maximum Gasteiger partial charge on any atom is 0.293 e. The molecule has 2 aromatic rings.